The fourth-order valence-corrected chi connectivity index (χ4v) is 4.18. The van der Waals surface area contributed by atoms with E-state index in [1.165, 1.54) is 10.5 Å². The third kappa shape index (κ3) is 4.50. The molecule has 0 unspecified atom stereocenters. The summed E-state index contributed by atoms with van der Waals surface area (Å²) in [5.74, 6) is 1.07. The SMILES string of the molecule is Cc1ccc2nc(CCc3ccc(NC(=O)CN4C(=O)[C@@H](C)Oc5ccccc54)cc3)[nH]c2c1. The summed E-state index contributed by atoms with van der Waals surface area (Å²) in [5.41, 5.74) is 5.70. The number of ether oxygens (including phenoxy) is 1. The van der Waals surface area contributed by atoms with Gasteiger partial charge in [0.1, 0.15) is 18.1 Å². The molecule has 0 radical (unpaired) electrons. The molecule has 34 heavy (non-hydrogen) atoms. The smallest absolute Gasteiger partial charge is 0.268 e. The normalized spacial score (nSPS) is 15.2. The standard InChI is InChI=1S/C27H26N4O3/c1-17-7-13-21-22(15-17)30-25(29-21)14-10-19-8-11-20(12-9-19)28-26(32)16-31-23-5-3-4-6-24(23)34-18(2)27(31)33/h3-9,11-13,15,18H,10,14,16H2,1-2H3,(H,28,32)(H,29,30)/t18-/m1/s1. The van der Waals surface area contributed by atoms with E-state index in [0.717, 1.165) is 35.3 Å². The van der Waals surface area contributed by atoms with Crippen molar-refractivity contribution in [2.45, 2.75) is 32.8 Å². The third-order valence-corrected chi connectivity index (χ3v) is 5.95. The summed E-state index contributed by atoms with van der Waals surface area (Å²) in [6.45, 7) is 3.68. The molecular weight excluding hydrogens is 428 g/mol. The van der Waals surface area contributed by atoms with Crippen molar-refractivity contribution in [1.29, 1.82) is 0 Å². The van der Waals surface area contributed by atoms with Crippen LogP contribution < -0.4 is 15.0 Å². The first-order chi connectivity index (χ1) is 16.5. The largest absolute Gasteiger partial charge is 0.479 e. The molecule has 0 saturated carbocycles. The van der Waals surface area contributed by atoms with Crippen LogP contribution in [-0.4, -0.2) is 34.4 Å². The lowest BCUT2D eigenvalue weighted by Gasteiger charge is -2.32. The van der Waals surface area contributed by atoms with Gasteiger partial charge in [0, 0.05) is 12.1 Å². The average Bonchev–Trinajstić information content (AvgIpc) is 3.23. The first-order valence-electron chi connectivity index (χ1n) is 11.4. The molecule has 2 heterocycles. The zero-order valence-corrected chi connectivity index (χ0v) is 19.2. The van der Waals surface area contributed by atoms with E-state index in [1.54, 1.807) is 19.1 Å². The molecule has 0 spiro atoms. The number of anilines is 2. The van der Waals surface area contributed by atoms with Crippen molar-refractivity contribution in [3.05, 3.63) is 83.7 Å². The maximum Gasteiger partial charge on any atom is 0.268 e. The van der Waals surface area contributed by atoms with Crippen molar-refractivity contribution in [2.24, 2.45) is 0 Å². The van der Waals surface area contributed by atoms with E-state index in [4.69, 9.17) is 4.74 Å². The van der Waals surface area contributed by atoms with Gasteiger partial charge in [0.25, 0.3) is 5.91 Å². The second-order valence-corrected chi connectivity index (χ2v) is 8.60. The van der Waals surface area contributed by atoms with Crippen LogP contribution in [0.3, 0.4) is 0 Å². The highest BCUT2D eigenvalue weighted by molar-refractivity contribution is 6.06. The van der Waals surface area contributed by atoms with Crippen LogP contribution in [-0.2, 0) is 22.4 Å². The molecule has 1 aliphatic heterocycles. The number of rotatable bonds is 6. The van der Waals surface area contributed by atoms with Gasteiger partial charge in [-0.25, -0.2) is 4.98 Å². The summed E-state index contributed by atoms with van der Waals surface area (Å²) >= 11 is 0. The Kier molecular flexibility index (Phi) is 5.76. The molecule has 3 aromatic carbocycles. The quantitative estimate of drug-likeness (QED) is 0.452. The van der Waals surface area contributed by atoms with Gasteiger partial charge >= 0.3 is 0 Å². The molecule has 2 amide bonds. The second-order valence-electron chi connectivity index (χ2n) is 8.60. The van der Waals surface area contributed by atoms with Crippen LogP contribution in [0, 0.1) is 6.92 Å². The van der Waals surface area contributed by atoms with Crippen molar-refractivity contribution >= 4 is 34.2 Å². The predicted molar refractivity (Wildman–Crippen MR) is 132 cm³/mol. The number of para-hydroxylation sites is 2. The molecule has 1 atom stereocenters. The number of nitrogens with one attached hydrogen (secondary N) is 2. The van der Waals surface area contributed by atoms with Gasteiger partial charge in [-0.15, -0.1) is 0 Å². The van der Waals surface area contributed by atoms with Crippen LogP contribution in [0.25, 0.3) is 11.0 Å². The van der Waals surface area contributed by atoms with Crippen molar-refractivity contribution in [1.82, 2.24) is 9.97 Å². The van der Waals surface area contributed by atoms with E-state index >= 15 is 0 Å². The van der Waals surface area contributed by atoms with Crippen LogP contribution in [0.15, 0.2) is 66.7 Å². The van der Waals surface area contributed by atoms with Crippen LogP contribution in [0.5, 0.6) is 5.75 Å². The van der Waals surface area contributed by atoms with Crippen LogP contribution in [0.1, 0.15) is 23.9 Å². The topological polar surface area (TPSA) is 87.3 Å². The van der Waals surface area contributed by atoms with Crippen molar-refractivity contribution in [3.8, 4) is 5.75 Å². The minimum absolute atomic E-state index is 0.0726. The zero-order valence-electron chi connectivity index (χ0n) is 19.2. The number of fused-ring (bicyclic) bond motifs is 2. The van der Waals surface area contributed by atoms with E-state index < -0.39 is 6.10 Å². The lowest BCUT2D eigenvalue weighted by atomic mass is 10.1. The summed E-state index contributed by atoms with van der Waals surface area (Å²) in [5, 5.41) is 2.89. The summed E-state index contributed by atoms with van der Waals surface area (Å²) in [7, 11) is 0. The number of hydrogen-bond acceptors (Lipinski definition) is 4. The van der Waals surface area contributed by atoms with E-state index in [2.05, 4.69) is 34.3 Å². The summed E-state index contributed by atoms with van der Waals surface area (Å²) in [4.78, 5) is 34.8. The van der Waals surface area contributed by atoms with Crippen molar-refractivity contribution < 1.29 is 14.3 Å². The number of carbonyl (C=O) groups excluding carboxylic acids is 2. The van der Waals surface area contributed by atoms with Crippen LogP contribution in [0.2, 0.25) is 0 Å². The Morgan fingerprint density at radius 3 is 2.71 bits per heavy atom. The molecule has 5 rings (SSSR count). The van der Waals surface area contributed by atoms with Crippen LogP contribution >= 0.6 is 0 Å². The van der Waals surface area contributed by atoms with E-state index in [-0.39, 0.29) is 18.4 Å². The number of amides is 2. The van der Waals surface area contributed by atoms with Crippen molar-refractivity contribution in [2.75, 3.05) is 16.8 Å². The maximum atomic E-state index is 12.7. The molecule has 1 aliphatic rings. The number of benzene rings is 3. The Hall–Kier alpha value is -4.13. The highest BCUT2D eigenvalue weighted by Crippen LogP contribution is 2.33. The van der Waals surface area contributed by atoms with Gasteiger partial charge in [-0.2, -0.15) is 0 Å². The highest BCUT2D eigenvalue weighted by Gasteiger charge is 2.32. The van der Waals surface area contributed by atoms with Gasteiger partial charge < -0.3 is 15.0 Å². The molecule has 172 valence electrons. The third-order valence-electron chi connectivity index (χ3n) is 5.95. The van der Waals surface area contributed by atoms with E-state index in [0.29, 0.717) is 17.1 Å². The molecule has 1 aromatic heterocycles. The summed E-state index contributed by atoms with van der Waals surface area (Å²) in [6.07, 6.45) is 1.01. The highest BCUT2D eigenvalue weighted by atomic mass is 16.5. The van der Waals surface area contributed by atoms with Gasteiger partial charge in [0.15, 0.2) is 6.10 Å². The first-order valence-corrected chi connectivity index (χ1v) is 11.4. The minimum Gasteiger partial charge on any atom is -0.479 e. The Morgan fingerprint density at radius 1 is 1.09 bits per heavy atom. The zero-order chi connectivity index (χ0) is 23.7. The lowest BCUT2D eigenvalue weighted by Crippen LogP contribution is -2.47. The number of carbonyl (C=O) groups is 2. The van der Waals surface area contributed by atoms with Gasteiger partial charge in [-0.1, -0.05) is 30.3 Å². The number of aromatic amines is 1. The molecule has 4 aromatic rings. The molecule has 2 N–H and O–H groups in total. The number of nitrogens with zero attached hydrogens (tertiary/aromatic N) is 2. The summed E-state index contributed by atoms with van der Waals surface area (Å²) < 4.78 is 5.63. The predicted octanol–water partition coefficient (Wildman–Crippen LogP) is 4.41. The number of H-pyrrole nitrogens is 1. The van der Waals surface area contributed by atoms with Crippen molar-refractivity contribution in [3.63, 3.8) is 0 Å². The first kappa shape index (κ1) is 21.7. The number of aromatic nitrogens is 2. The lowest BCUT2D eigenvalue weighted by molar-refractivity contribution is -0.127. The molecule has 0 fully saturated rings. The van der Waals surface area contributed by atoms with Gasteiger partial charge in [0.05, 0.1) is 16.7 Å². The second kappa shape index (κ2) is 9.02. The fraction of sp³-hybridized carbons (Fsp3) is 0.222. The monoisotopic (exact) mass is 454 g/mol. The molecule has 7 nitrogen and oxygen atoms in total. The average molecular weight is 455 g/mol. The number of imidazole rings is 1. The van der Waals surface area contributed by atoms with Crippen LogP contribution in [0.4, 0.5) is 11.4 Å². The van der Waals surface area contributed by atoms with Gasteiger partial charge in [-0.05, 0) is 67.8 Å². The summed E-state index contributed by atoms with van der Waals surface area (Å²) in [6, 6.07) is 21.2. The molecule has 0 saturated heterocycles. The number of aryl methyl sites for hydroxylation is 3. The maximum absolute atomic E-state index is 12.7. The van der Waals surface area contributed by atoms with Gasteiger partial charge in [0.2, 0.25) is 5.91 Å². The molecule has 7 heteroatoms. The van der Waals surface area contributed by atoms with E-state index in [1.807, 2.05) is 42.5 Å². The Morgan fingerprint density at radius 2 is 1.88 bits per heavy atom. The Balaban J connectivity index is 1.19. The fourth-order valence-electron chi connectivity index (χ4n) is 4.18. The molecular formula is C27H26N4O3. The molecule has 0 bridgehead atoms. The van der Waals surface area contributed by atoms with Gasteiger partial charge in [-0.3, -0.25) is 14.5 Å². The minimum atomic E-state index is -0.627. The Labute approximate surface area is 197 Å². The Bertz CT molecular complexity index is 1360. The molecule has 0 aliphatic carbocycles. The number of hydrogen-bond donors (Lipinski definition) is 2. The van der Waals surface area contributed by atoms with E-state index in [9.17, 15) is 9.59 Å².